The number of nitro groups is 1. The molecule has 2 aromatic carbocycles. The van der Waals surface area contributed by atoms with E-state index in [-0.39, 0.29) is 17.0 Å². The van der Waals surface area contributed by atoms with Gasteiger partial charge in [-0.1, -0.05) is 22.0 Å². The molecule has 0 spiro atoms. The number of nitrogens with zero attached hydrogens (tertiary/aromatic N) is 1. The van der Waals surface area contributed by atoms with Gasteiger partial charge in [0.15, 0.2) is 6.29 Å². The first-order valence-corrected chi connectivity index (χ1v) is 6.93. The number of non-ortho nitro benzene ring substituents is 1. The highest BCUT2D eigenvalue weighted by Crippen LogP contribution is 2.24. The number of carbonyl (C=O) groups is 2. The maximum absolute atomic E-state index is 12.1. The molecule has 22 heavy (non-hydrogen) atoms. The summed E-state index contributed by atoms with van der Waals surface area (Å²) in [6.07, 6.45) is 0.403. The molecule has 112 valence electrons. The summed E-state index contributed by atoms with van der Waals surface area (Å²) in [5.74, 6) is -0.681. The summed E-state index contributed by atoms with van der Waals surface area (Å²) in [6, 6.07) is 8.39. The molecule has 7 heteroatoms. The largest absolute Gasteiger partial charge is 0.422 e. The van der Waals surface area contributed by atoms with Crippen LogP contribution in [-0.4, -0.2) is 17.2 Å². The second kappa shape index (κ2) is 6.48. The molecule has 0 heterocycles. The van der Waals surface area contributed by atoms with Crippen molar-refractivity contribution in [2.45, 2.75) is 6.92 Å². The fraction of sp³-hybridized carbons (Fsp3) is 0.0667. The van der Waals surface area contributed by atoms with Gasteiger partial charge in [0.1, 0.15) is 5.75 Å². The summed E-state index contributed by atoms with van der Waals surface area (Å²) in [6.45, 7) is 1.88. The summed E-state index contributed by atoms with van der Waals surface area (Å²) < 4.78 is 5.89. The molecule has 0 aliphatic heterocycles. The van der Waals surface area contributed by atoms with E-state index in [1.807, 2.05) is 6.92 Å². The van der Waals surface area contributed by atoms with E-state index in [0.29, 0.717) is 11.8 Å². The van der Waals surface area contributed by atoms with Crippen LogP contribution in [0.4, 0.5) is 5.69 Å². The van der Waals surface area contributed by atoms with Gasteiger partial charge in [-0.2, -0.15) is 0 Å². The first-order valence-electron chi connectivity index (χ1n) is 6.14. The fourth-order valence-electron chi connectivity index (χ4n) is 1.71. The lowest BCUT2D eigenvalue weighted by Crippen LogP contribution is -2.10. The predicted molar refractivity (Wildman–Crippen MR) is 82.3 cm³/mol. The van der Waals surface area contributed by atoms with Crippen LogP contribution < -0.4 is 4.74 Å². The zero-order chi connectivity index (χ0) is 16.3. The van der Waals surface area contributed by atoms with Gasteiger partial charge in [-0.15, -0.1) is 0 Å². The Hall–Kier alpha value is -2.54. The molecule has 0 aliphatic carbocycles. The lowest BCUT2D eigenvalue weighted by Gasteiger charge is -2.07. The van der Waals surface area contributed by atoms with E-state index in [4.69, 9.17) is 4.74 Å². The summed E-state index contributed by atoms with van der Waals surface area (Å²) in [4.78, 5) is 33.1. The zero-order valence-corrected chi connectivity index (χ0v) is 13.0. The van der Waals surface area contributed by atoms with Crippen LogP contribution in [0.1, 0.15) is 26.3 Å². The molecule has 0 unspecified atom stereocenters. The van der Waals surface area contributed by atoms with Crippen LogP contribution in [0.15, 0.2) is 40.9 Å². The van der Waals surface area contributed by atoms with Crippen molar-refractivity contribution in [3.05, 3.63) is 67.7 Å². The van der Waals surface area contributed by atoms with Crippen molar-refractivity contribution in [2.75, 3.05) is 0 Å². The predicted octanol–water partition coefficient (Wildman–Crippen LogP) is 3.70. The average Bonchev–Trinajstić information content (AvgIpc) is 2.50. The molecular formula is C15H10BrNO5. The number of rotatable bonds is 4. The second-order valence-corrected chi connectivity index (χ2v) is 5.30. The van der Waals surface area contributed by atoms with E-state index in [2.05, 4.69) is 15.9 Å². The third kappa shape index (κ3) is 3.37. The number of esters is 1. The van der Waals surface area contributed by atoms with E-state index < -0.39 is 10.9 Å². The molecule has 0 saturated carbocycles. The minimum absolute atomic E-state index is 0.0257. The Kier molecular flexibility index (Phi) is 4.67. The number of nitro benzene ring substituents is 1. The SMILES string of the molecule is Cc1ccc(C(=O)Oc2ccc([N+](=O)[O-])cc2C=O)cc1Br. The molecule has 0 N–H and O–H groups in total. The zero-order valence-electron chi connectivity index (χ0n) is 11.4. The molecule has 0 saturated heterocycles. The third-order valence-electron chi connectivity index (χ3n) is 2.94. The van der Waals surface area contributed by atoms with Crippen LogP contribution in [0, 0.1) is 17.0 Å². The van der Waals surface area contributed by atoms with Crippen LogP contribution in [0.3, 0.4) is 0 Å². The van der Waals surface area contributed by atoms with Crippen molar-refractivity contribution in [2.24, 2.45) is 0 Å². The summed E-state index contributed by atoms with van der Waals surface area (Å²) in [7, 11) is 0. The van der Waals surface area contributed by atoms with Crippen LogP contribution in [-0.2, 0) is 0 Å². The summed E-state index contributed by atoms with van der Waals surface area (Å²) >= 11 is 3.31. The minimum atomic E-state index is -0.655. The van der Waals surface area contributed by atoms with Gasteiger partial charge in [-0.05, 0) is 30.7 Å². The second-order valence-electron chi connectivity index (χ2n) is 4.45. The Morgan fingerprint density at radius 1 is 1.27 bits per heavy atom. The Morgan fingerprint density at radius 2 is 2.00 bits per heavy atom. The first-order chi connectivity index (χ1) is 10.4. The topological polar surface area (TPSA) is 86.5 Å². The molecule has 2 rings (SSSR count). The van der Waals surface area contributed by atoms with Crippen molar-refractivity contribution >= 4 is 33.9 Å². The smallest absolute Gasteiger partial charge is 0.343 e. The fourth-order valence-corrected chi connectivity index (χ4v) is 2.09. The number of aldehydes is 1. The highest BCUT2D eigenvalue weighted by atomic mass is 79.9. The number of hydrogen-bond acceptors (Lipinski definition) is 5. The molecule has 0 fully saturated rings. The van der Waals surface area contributed by atoms with Gasteiger partial charge in [-0.25, -0.2) is 4.79 Å². The van der Waals surface area contributed by atoms with Crippen molar-refractivity contribution in [1.82, 2.24) is 0 Å². The van der Waals surface area contributed by atoms with Crippen LogP contribution in [0.2, 0.25) is 0 Å². The summed E-state index contributed by atoms with van der Waals surface area (Å²) in [5.41, 5.74) is 0.946. The van der Waals surface area contributed by atoms with Crippen LogP contribution >= 0.6 is 15.9 Å². The molecule has 2 aromatic rings. The lowest BCUT2D eigenvalue weighted by atomic mass is 10.1. The molecule has 6 nitrogen and oxygen atoms in total. The number of benzene rings is 2. The molecule has 0 atom stereocenters. The van der Waals surface area contributed by atoms with E-state index in [9.17, 15) is 19.7 Å². The van der Waals surface area contributed by atoms with Crippen molar-refractivity contribution in [1.29, 1.82) is 0 Å². The monoisotopic (exact) mass is 363 g/mol. The standard InChI is InChI=1S/C15H10BrNO5/c1-9-2-3-10(7-13(9)16)15(19)22-14-5-4-12(17(20)21)6-11(14)8-18/h2-8H,1H3. The lowest BCUT2D eigenvalue weighted by molar-refractivity contribution is -0.384. The number of aryl methyl sites for hydroxylation is 1. The Balaban J connectivity index is 2.29. The number of carbonyl (C=O) groups excluding carboxylic acids is 2. The van der Waals surface area contributed by atoms with E-state index in [1.165, 1.54) is 12.1 Å². The first kappa shape index (κ1) is 15.8. The molecule has 0 aromatic heterocycles. The van der Waals surface area contributed by atoms with Gasteiger partial charge >= 0.3 is 5.97 Å². The van der Waals surface area contributed by atoms with Gasteiger partial charge in [0, 0.05) is 16.6 Å². The molecule has 0 radical (unpaired) electrons. The van der Waals surface area contributed by atoms with Gasteiger partial charge < -0.3 is 4.74 Å². The maximum atomic E-state index is 12.1. The number of ether oxygens (including phenoxy) is 1. The normalized spacial score (nSPS) is 10.1. The van der Waals surface area contributed by atoms with Crippen LogP contribution in [0.5, 0.6) is 5.75 Å². The Morgan fingerprint density at radius 3 is 2.59 bits per heavy atom. The Bertz CT molecular complexity index is 773. The third-order valence-corrected chi connectivity index (χ3v) is 3.80. The van der Waals surface area contributed by atoms with Gasteiger partial charge in [0.05, 0.1) is 16.1 Å². The van der Waals surface area contributed by atoms with E-state index in [0.717, 1.165) is 16.1 Å². The number of hydrogen-bond donors (Lipinski definition) is 0. The van der Waals surface area contributed by atoms with E-state index in [1.54, 1.807) is 18.2 Å². The van der Waals surface area contributed by atoms with Crippen molar-refractivity contribution < 1.29 is 19.2 Å². The van der Waals surface area contributed by atoms with E-state index >= 15 is 0 Å². The summed E-state index contributed by atoms with van der Waals surface area (Å²) in [5, 5.41) is 10.7. The number of halogens is 1. The molecule has 0 amide bonds. The maximum Gasteiger partial charge on any atom is 0.343 e. The van der Waals surface area contributed by atoms with Crippen molar-refractivity contribution in [3.63, 3.8) is 0 Å². The molecule has 0 aliphatic rings. The van der Waals surface area contributed by atoms with Crippen LogP contribution in [0.25, 0.3) is 0 Å². The average molecular weight is 364 g/mol. The minimum Gasteiger partial charge on any atom is -0.422 e. The van der Waals surface area contributed by atoms with Gasteiger partial charge in [0.25, 0.3) is 5.69 Å². The van der Waals surface area contributed by atoms with Gasteiger partial charge in [-0.3, -0.25) is 14.9 Å². The molecular weight excluding hydrogens is 354 g/mol. The highest BCUT2D eigenvalue weighted by Gasteiger charge is 2.15. The highest BCUT2D eigenvalue weighted by molar-refractivity contribution is 9.10. The molecule has 0 bridgehead atoms. The van der Waals surface area contributed by atoms with Gasteiger partial charge in [0.2, 0.25) is 0 Å². The Labute approximate surface area is 134 Å². The van der Waals surface area contributed by atoms with Crippen molar-refractivity contribution in [3.8, 4) is 5.75 Å². The quantitative estimate of drug-likeness (QED) is 0.271.